The lowest BCUT2D eigenvalue weighted by molar-refractivity contribution is 0.0919. The van der Waals surface area contributed by atoms with Crippen LogP contribution in [0, 0.1) is 0 Å². The van der Waals surface area contributed by atoms with E-state index in [1.807, 2.05) is 12.2 Å². The lowest BCUT2D eigenvalue weighted by Crippen LogP contribution is -2.36. The summed E-state index contributed by atoms with van der Waals surface area (Å²) in [6.07, 6.45) is 13.3. The van der Waals surface area contributed by atoms with Gasteiger partial charge in [-0.15, -0.1) is 0 Å². The highest BCUT2D eigenvalue weighted by atomic mass is 16.3. The molecule has 0 radical (unpaired) electrons. The molecule has 0 saturated heterocycles. The van der Waals surface area contributed by atoms with Crippen LogP contribution in [0.2, 0.25) is 0 Å². The molecule has 0 aliphatic heterocycles. The molecule has 0 fully saturated rings. The molecule has 1 aromatic heterocycles. The smallest absolute Gasteiger partial charge is 0.275 e. The SMILES string of the molecule is Cn1nc(C(=O)N[C@@H]2CC=CCC2)c(O)c1C(=O)N[C@@H]1CC=CCC1. The van der Waals surface area contributed by atoms with Crippen molar-refractivity contribution in [1.82, 2.24) is 20.4 Å². The molecule has 3 N–H and O–H groups in total. The number of nitrogens with one attached hydrogen (secondary N) is 2. The Labute approximate surface area is 146 Å². The average Bonchev–Trinajstić information content (AvgIpc) is 2.91. The summed E-state index contributed by atoms with van der Waals surface area (Å²) in [6.45, 7) is 0. The van der Waals surface area contributed by atoms with E-state index >= 15 is 0 Å². The first-order valence-corrected chi connectivity index (χ1v) is 8.74. The summed E-state index contributed by atoms with van der Waals surface area (Å²) < 4.78 is 1.26. The summed E-state index contributed by atoms with van der Waals surface area (Å²) in [4.78, 5) is 24.9. The van der Waals surface area contributed by atoms with Crippen molar-refractivity contribution in [3.05, 3.63) is 35.7 Å². The summed E-state index contributed by atoms with van der Waals surface area (Å²) >= 11 is 0. The fraction of sp³-hybridized carbons (Fsp3) is 0.500. The zero-order chi connectivity index (χ0) is 17.8. The Kier molecular flexibility index (Phi) is 5.21. The Bertz CT molecular complexity index is 720. The van der Waals surface area contributed by atoms with Crippen molar-refractivity contribution >= 4 is 11.8 Å². The van der Waals surface area contributed by atoms with Gasteiger partial charge >= 0.3 is 0 Å². The number of aryl methyl sites for hydroxylation is 1. The number of aromatic nitrogens is 2. The lowest BCUT2D eigenvalue weighted by Gasteiger charge is -2.19. The normalized spacial score (nSPS) is 22.6. The predicted molar refractivity (Wildman–Crippen MR) is 93.4 cm³/mol. The summed E-state index contributed by atoms with van der Waals surface area (Å²) in [6, 6.07) is 0.0725. The topological polar surface area (TPSA) is 96.2 Å². The Morgan fingerprint density at radius 3 is 2.12 bits per heavy atom. The van der Waals surface area contributed by atoms with Crippen LogP contribution in [0.25, 0.3) is 0 Å². The Balaban J connectivity index is 1.71. The van der Waals surface area contributed by atoms with Gasteiger partial charge in [-0.3, -0.25) is 14.3 Å². The van der Waals surface area contributed by atoms with E-state index in [4.69, 9.17) is 0 Å². The summed E-state index contributed by atoms with van der Waals surface area (Å²) in [7, 11) is 1.55. The van der Waals surface area contributed by atoms with Gasteiger partial charge in [-0.2, -0.15) is 5.10 Å². The van der Waals surface area contributed by atoms with E-state index in [1.165, 1.54) is 4.68 Å². The fourth-order valence-corrected chi connectivity index (χ4v) is 3.28. The van der Waals surface area contributed by atoms with Crippen LogP contribution in [0.3, 0.4) is 0 Å². The molecular formula is C18H24N4O3. The summed E-state index contributed by atoms with van der Waals surface area (Å²) in [5.41, 5.74) is -0.0889. The maximum atomic E-state index is 12.5. The van der Waals surface area contributed by atoms with E-state index in [0.717, 1.165) is 38.5 Å². The highest BCUT2D eigenvalue weighted by Crippen LogP contribution is 2.23. The minimum absolute atomic E-state index is 0.0169. The van der Waals surface area contributed by atoms with Crippen LogP contribution in [0.15, 0.2) is 24.3 Å². The molecule has 0 bridgehead atoms. The molecule has 0 aromatic carbocycles. The van der Waals surface area contributed by atoms with Gasteiger partial charge in [0.2, 0.25) is 0 Å². The number of aromatic hydroxyl groups is 1. The molecule has 134 valence electrons. The summed E-state index contributed by atoms with van der Waals surface area (Å²) in [5, 5.41) is 20.2. The van der Waals surface area contributed by atoms with E-state index in [1.54, 1.807) is 7.05 Å². The zero-order valence-corrected chi connectivity index (χ0v) is 14.4. The molecule has 7 heteroatoms. The molecule has 25 heavy (non-hydrogen) atoms. The minimum atomic E-state index is -0.451. The third-order valence-corrected chi connectivity index (χ3v) is 4.66. The van der Waals surface area contributed by atoms with Gasteiger partial charge in [-0.25, -0.2) is 0 Å². The third kappa shape index (κ3) is 3.92. The van der Waals surface area contributed by atoms with E-state index in [-0.39, 0.29) is 29.2 Å². The van der Waals surface area contributed by atoms with Gasteiger partial charge in [0.25, 0.3) is 11.8 Å². The number of amides is 2. The van der Waals surface area contributed by atoms with E-state index in [2.05, 4.69) is 27.9 Å². The average molecular weight is 344 g/mol. The van der Waals surface area contributed by atoms with Crippen molar-refractivity contribution in [2.45, 2.75) is 50.6 Å². The molecule has 0 spiro atoms. The van der Waals surface area contributed by atoms with Gasteiger partial charge < -0.3 is 15.7 Å². The second kappa shape index (κ2) is 7.55. The standard InChI is InChI=1S/C18H24N4O3/c1-22-15(18(25)20-13-10-6-3-7-11-13)16(23)14(21-22)17(24)19-12-8-4-2-5-9-12/h2-4,6,12-13,23H,5,7-11H2,1H3,(H,19,24)(H,20,25)/t12-,13-/m1/s1. The molecule has 2 amide bonds. The highest BCUT2D eigenvalue weighted by Gasteiger charge is 2.28. The van der Waals surface area contributed by atoms with Crippen LogP contribution in [0.5, 0.6) is 5.75 Å². The first-order chi connectivity index (χ1) is 12.1. The fourth-order valence-electron chi connectivity index (χ4n) is 3.28. The number of carbonyl (C=O) groups excluding carboxylic acids is 2. The van der Waals surface area contributed by atoms with Crippen molar-refractivity contribution in [1.29, 1.82) is 0 Å². The van der Waals surface area contributed by atoms with Crippen LogP contribution < -0.4 is 10.6 Å². The van der Waals surface area contributed by atoms with Crippen molar-refractivity contribution < 1.29 is 14.7 Å². The van der Waals surface area contributed by atoms with Crippen LogP contribution in [-0.4, -0.2) is 38.8 Å². The lowest BCUT2D eigenvalue weighted by atomic mass is 10.0. The molecule has 2 aliphatic rings. The minimum Gasteiger partial charge on any atom is -0.504 e. The van der Waals surface area contributed by atoms with Gasteiger partial charge in [-0.1, -0.05) is 24.3 Å². The van der Waals surface area contributed by atoms with Crippen molar-refractivity contribution in [3.63, 3.8) is 0 Å². The van der Waals surface area contributed by atoms with Gasteiger partial charge in [0.15, 0.2) is 17.1 Å². The Morgan fingerprint density at radius 1 is 1.04 bits per heavy atom. The van der Waals surface area contributed by atoms with Gasteiger partial charge in [0.05, 0.1) is 0 Å². The molecule has 2 aliphatic carbocycles. The molecular weight excluding hydrogens is 320 g/mol. The van der Waals surface area contributed by atoms with Crippen molar-refractivity contribution in [2.75, 3.05) is 0 Å². The van der Waals surface area contributed by atoms with E-state index < -0.39 is 11.8 Å². The van der Waals surface area contributed by atoms with Crippen LogP contribution >= 0.6 is 0 Å². The second-order valence-electron chi connectivity index (χ2n) is 6.58. The number of allylic oxidation sites excluding steroid dienone is 2. The maximum absolute atomic E-state index is 12.5. The molecule has 7 nitrogen and oxygen atoms in total. The summed E-state index contributed by atoms with van der Waals surface area (Å²) in [5.74, 6) is -1.23. The number of hydrogen-bond acceptors (Lipinski definition) is 4. The maximum Gasteiger partial charge on any atom is 0.275 e. The highest BCUT2D eigenvalue weighted by molar-refractivity contribution is 6.02. The predicted octanol–water partition coefficient (Wildman–Crippen LogP) is 1.80. The Morgan fingerprint density at radius 2 is 1.60 bits per heavy atom. The molecule has 1 heterocycles. The number of nitrogens with zero attached hydrogens (tertiary/aromatic N) is 2. The first-order valence-electron chi connectivity index (χ1n) is 8.74. The second-order valence-corrected chi connectivity index (χ2v) is 6.58. The third-order valence-electron chi connectivity index (χ3n) is 4.66. The largest absolute Gasteiger partial charge is 0.504 e. The molecule has 2 atom stereocenters. The van der Waals surface area contributed by atoms with Crippen molar-refractivity contribution in [2.24, 2.45) is 7.05 Å². The van der Waals surface area contributed by atoms with E-state index in [0.29, 0.717) is 0 Å². The number of carbonyl (C=O) groups is 2. The van der Waals surface area contributed by atoms with Crippen LogP contribution in [0.4, 0.5) is 0 Å². The van der Waals surface area contributed by atoms with E-state index in [9.17, 15) is 14.7 Å². The van der Waals surface area contributed by atoms with Crippen LogP contribution in [-0.2, 0) is 7.05 Å². The first kappa shape index (κ1) is 17.3. The van der Waals surface area contributed by atoms with Gasteiger partial charge in [-0.05, 0) is 38.5 Å². The zero-order valence-electron chi connectivity index (χ0n) is 14.4. The quantitative estimate of drug-likeness (QED) is 0.726. The molecule has 1 aromatic rings. The molecule has 0 unspecified atom stereocenters. The monoisotopic (exact) mass is 344 g/mol. The van der Waals surface area contributed by atoms with Crippen molar-refractivity contribution in [3.8, 4) is 5.75 Å². The number of rotatable bonds is 4. The molecule has 0 saturated carbocycles. The molecule has 3 rings (SSSR count). The number of hydrogen-bond donors (Lipinski definition) is 3. The van der Waals surface area contributed by atoms with Gasteiger partial charge in [0, 0.05) is 19.1 Å². The van der Waals surface area contributed by atoms with Gasteiger partial charge in [0.1, 0.15) is 0 Å². The Hall–Kier alpha value is -2.57. The van der Waals surface area contributed by atoms with Crippen LogP contribution in [0.1, 0.15) is 59.5 Å².